The van der Waals surface area contributed by atoms with Gasteiger partial charge < -0.3 is 20.5 Å². The number of cyclic esters (lactones) is 1. The average Bonchev–Trinajstić information content (AvgIpc) is 2.84. The lowest BCUT2D eigenvalue weighted by molar-refractivity contribution is 0.00864. The van der Waals surface area contributed by atoms with E-state index in [4.69, 9.17) is 20.2 Å². The third-order valence-corrected chi connectivity index (χ3v) is 8.30. The fourth-order valence-corrected chi connectivity index (χ4v) is 4.95. The maximum Gasteiger partial charge on any atom is 0.340 e. The van der Waals surface area contributed by atoms with Gasteiger partial charge in [0, 0.05) is 29.6 Å². The van der Waals surface area contributed by atoms with Gasteiger partial charge in [0.25, 0.3) is 0 Å². The molecule has 3 N–H and O–H groups in total. The van der Waals surface area contributed by atoms with Crippen LogP contribution in [0.4, 0.5) is 11.6 Å². The number of esters is 1. The van der Waals surface area contributed by atoms with Crippen molar-refractivity contribution in [3.8, 4) is 5.88 Å². The number of carbonyl (C=O) groups excluding carboxylic acids is 1. The van der Waals surface area contributed by atoms with E-state index in [2.05, 4.69) is 15.3 Å². The average molecular weight is 542 g/mol. The van der Waals surface area contributed by atoms with Crippen LogP contribution in [0.5, 0.6) is 5.88 Å². The van der Waals surface area contributed by atoms with Crippen molar-refractivity contribution < 1.29 is 22.7 Å². The minimum atomic E-state index is -3.07. The van der Waals surface area contributed by atoms with Crippen LogP contribution in [0.1, 0.15) is 69.1 Å². The molecule has 4 rings (SSSR count). The number of fused-ring (bicyclic) bond motifs is 2. The summed E-state index contributed by atoms with van der Waals surface area (Å²) >= 11 is 0. The van der Waals surface area contributed by atoms with Gasteiger partial charge in [0.2, 0.25) is 5.88 Å². The van der Waals surface area contributed by atoms with E-state index in [9.17, 15) is 13.2 Å². The van der Waals surface area contributed by atoms with Crippen LogP contribution in [-0.4, -0.2) is 54.1 Å². The van der Waals surface area contributed by atoms with Gasteiger partial charge in [0.15, 0.2) is 0 Å². The molecule has 0 bridgehead atoms. The first-order valence-electron chi connectivity index (χ1n) is 12.6. The number of nitrogens with two attached hydrogens (primary N) is 1. The van der Waals surface area contributed by atoms with Gasteiger partial charge >= 0.3 is 5.97 Å². The summed E-state index contributed by atoms with van der Waals surface area (Å²) in [7, 11) is -3.07. The highest BCUT2D eigenvalue weighted by Gasteiger charge is 2.41. The molecule has 0 fully saturated rings. The maximum atomic E-state index is 12.4. The summed E-state index contributed by atoms with van der Waals surface area (Å²) in [6.45, 7) is 10.0. The summed E-state index contributed by atoms with van der Waals surface area (Å²) in [6.07, 6.45) is 5.28. The van der Waals surface area contributed by atoms with Crippen LogP contribution in [0.2, 0.25) is 0 Å². The van der Waals surface area contributed by atoms with Crippen molar-refractivity contribution in [2.45, 2.75) is 64.5 Å². The van der Waals surface area contributed by atoms with Crippen molar-refractivity contribution in [2.75, 3.05) is 23.9 Å². The molecule has 10 nitrogen and oxygen atoms in total. The Hall–Kier alpha value is -3.31. The van der Waals surface area contributed by atoms with Crippen LogP contribution >= 0.6 is 0 Å². The molecular formula is C27H35N5O5S. The highest BCUT2D eigenvalue weighted by atomic mass is 32.2. The van der Waals surface area contributed by atoms with Gasteiger partial charge in [-0.05, 0) is 55.8 Å². The molecule has 3 aromatic rings. The van der Waals surface area contributed by atoms with Crippen molar-refractivity contribution in [2.24, 2.45) is 5.73 Å². The highest BCUT2D eigenvalue weighted by Crippen LogP contribution is 2.37. The molecule has 0 radical (unpaired) electrons. The Balaban J connectivity index is 1.70. The molecule has 0 saturated heterocycles. The zero-order valence-electron chi connectivity index (χ0n) is 22.7. The van der Waals surface area contributed by atoms with Gasteiger partial charge in [-0.1, -0.05) is 20.8 Å². The number of anilines is 2. The van der Waals surface area contributed by atoms with E-state index in [1.54, 1.807) is 24.5 Å². The predicted octanol–water partition coefficient (Wildman–Crippen LogP) is 4.00. The number of sulfone groups is 1. The van der Waals surface area contributed by atoms with Crippen LogP contribution in [-0.2, 0) is 25.5 Å². The van der Waals surface area contributed by atoms with Crippen LogP contribution in [0.3, 0.4) is 0 Å². The number of nitrogens with zero attached hydrogens (tertiary/aromatic N) is 3. The molecule has 1 aliphatic heterocycles. The van der Waals surface area contributed by atoms with E-state index < -0.39 is 20.8 Å². The lowest BCUT2D eigenvalue weighted by Crippen LogP contribution is -2.42. The highest BCUT2D eigenvalue weighted by molar-refractivity contribution is 7.90. The zero-order chi connectivity index (χ0) is 27.9. The molecule has 0 saturated carbocycles. The maximum absolute atomic E-state index is 12.4. The van der Waals surface area contributed by atoms with Crippen molar-refractivity contribution in [3.63, 3.8) is 0 Å². The van der Waals surface area contributed by atoms with Gasteiger partial charge in [0.05, 0.1) is 29.0 Å². The van der Waals surface area contributed by atoms with E-state index in [1.165, 1.54) is 6.26 Å². The molecule has 204 valence electrons. The standard InChI is InChI=1S/C27H35N5O5S/c1-7-27(5,28)20-15-30-24(36-11-8-12-38(6,34)35)19-14-29-22(13-18(19)20)31-21-10-9-17-23(32-21)26(3,4)16(2)37-25(17)33/h9-10,13-16H,7-8,11-12,28H2,1-6H3,(H,29,31,32)/t16-,27?/m1/s1. The summed E-state index contributed by atoms with van der Waals surface area (Å²) in [5, 5.41) is 4.75. The second kappa shape index (κ2) is 10.1. The molecule has 0 spiro atoms. The van der Waals surface area contributed by atoms with Crippen LogP contribution in [0.15, 0.2) is 30.6 Å². The third-order valence-electron chi connectivity index (χ3n) is 7.27. The molecular weight excluding hydrogens is 506 g/mol. The molecule has 11 heteroatoms. The number of hydrogen-bond donors (Lipinski definition) is 2. The Morgan fingerprint density at radius 3 is 2.61 bits per heavy atom. The van der Waals surface area contributed by atoms with E-state index in [1.807, 2.05) is 40.7 Å². The fraction of sp³-hybridized carbons (Fsp3) is 0.481. The van der Waals surface area contributed by atoms with Crippen LogP contribution < -0.4 is 15.8 Å². The number of carbonyl (C=O) groups is 1. The number of aromatic nitrogens is 3. The number of hydrogen-bond acceptors (Lipinski definition) is 10. The minimum Gasteiger partial charge on any atom is -0.477 e. The first-order chi connectivity index (χ1) is 17.7. The van der Waals surface area contributed by atoms with Crippen molar-refractivity contribution in [1.82, 2.24) is 15.0 Å². The summed E-state index contributed by atoms with van der Waals surface area (Å²) in [5.74, 6) is 1.11. The molecule has 2 atom stereocenters. The van der Waals surface area contributed by atoms with Crippen LogP contribution in [0, 0.1) is 0 Å². The molecule has 1 unspecified atom stereocenters. The largest absolute Gasteiger partial charge is 0.477 e. The van der Waals surface area contributed by atoms with Crippen LogP contribution in [0.25, 0.3) is 10.8 Å². The van der Waals surface area contributed by atoms with E-state index >= 15 is 0 Å². The first kappa shape index (κ1) is 27.7. The van der Waals surface area contributed by atoms with Gasteiger partial charge in [-0.2, -0.15) is 0 Å². The Bertz CT molecular complexity index is 1490. The molecule has 4 heterocycles. The molecule has 0 amide bonds. The van der Waals surface area contributed by atoms with E-state index in [0.717, 1.165) is 10.9 Å². The predicted molar refractivity (Wildman–Crippen MR) is 147 cm³/mol. The lowest BCUT2D eigenvalue weighted by atomic mass is 9.79. The normalized spacial score (nSPS) is 18.4. The Morgan fingerprint density at radius 2 is 1.92 bits per heavy atom. The lowest BCUT2D eigenvalue weighted by Gasteiger charge is -2.36. The Labute approximate surface area is 223 Å². The second-order valence-electron chi connectivity index (χ2n) is 10.7. The molecule has 0 aromatic carbocycles. The van der Waals surface area contributed by atoms with Gasteiger partial charge in [-0.25, -0.2) is 28.2 Å². The molecule has 1 aliphatic rings. The topological polar surface area (TPSA) is 146 Å². The number of pyridine rings is 3. The quantitative estimate of drug-likeness (QED) is 0.301. The van der Waals surface area contributed by atoms with E-state index in [0.29, 0.717) is 47.0 Å². The number of nitrogens with one attached hydrogen (secondary N) is 1. The van der Waals surface area contributed by atoms with Gasteiger partial charge in [-0.15, -0.1) is 0 Å². The Kier molecular flexibility index (Phi) is 7.37. The van der Waals surface area contributed by atoms with Gasteiger partial charge in [-0.3, -0.25) is 0 Å². The van der Waals surface area contributed by atoms with Gasteiger partial charge in [0.1, 0.15) is 27.6 Å². The molecule has 3 aromatic heterocycles. The summed E-state index contributed by atoms with van der Waals surface area (Å²) in [6, 6.07) is 5.31. The summed E-state index contributed by atoms with van der Waals surface area (Å²) in [4.78, 5) is 26.2. The van der Waals surface area contributed by atoms with E-state index in [-0.39, 0.29) is 24.4 Å². The monoisotopic (exact) mass is 541 g/mol. The number of ether oxygens (including phenoxy) is 2. The molecule has 0 aliphatic carbocycles. The fourth-order valence-electron chi connectivity index (χ4n) is 4.31. The summed E-state index contributed by atoms with van der Waals surface area (Å²) < 4.78 is 34.2. The zero-order valence-corrected chi connectivity index (χ0v) is 23.5. The third kappa shape index (κ3) is 5.58. The second-order valence-corrected chi connectivity index (χ2v) is 12.9. The summed E-state index contributed by atoms with van der Waals surface area (Å²) in [5.41, 5.74) is 7.47. The van der Waals surface area contributed by atoms with Crippen molar-refractivity contribution >= 4 is 38.2 Å². The first-order valence-corrected chi connectivity index (χ1v) is 14.7. The van der Waals surface area contributed by atoms with Crippen molar-refractivity contribution in [1.29, 1.82) is 0 Å². The smallest absolute Gasteiger partial charge is 0.340 e. The molecule has 38 heavy (non-hydrogen) atoms. The SMILES string of the molecule is CCC(C)(N)c1cnc(OCCCS(C)(=O)=O)c2cnc(Nc3ccc4c(n3)C(C)(C)[C@@H](C)OC4=O)cc12. The Morgan fingerprint density at radius 1 is 1.18 bits per heavy atom. The number of rotatable bonds is 9. The van der Waals surface area contributed by atoms with Crippen molar-refractivity contribution in [3.05, 3.63) is 47.4 Å². The minimum absolute atomic E-state index is 0.0348.